The second-order valence-electron chi connectivity index (χ2n) is 6.39. The maximum atomic E-state index is 12.5. The molecule has 0 aliphatic rings. The van der Waals surface area contributed by atoms with Crippen molar-refractivity contribution < 1.29 is 34.2 Å². The van der Waals surface area contributed by atoms with Gasteiger partial charge in [-0.05, 0) is 5.56 Å². The van der Waals surface area contributed by atoms with Crippen LogP contribution in [0.25, 0.3) is 0 Å². The molecule has 0 aliphatic carbocycles. The molecule has 164 valence electrons. The van der Waals surface area contributed by atoms with Crippen LogP contribution >= 0.6 is 0 Å². The van der Waals surface area contributed by atoms with Crippen LogP contribution in [0.5, 0.6) is 0 Å². The lowest BCUT2D eigenvalue weighted by molar-refractivity contribution is -0.143. The number of benzene rings is 1. The smallest absolute Gasteiger partial charge is 0.326 e. The van der Waals surface area contributed by atoms with Gasteiger partial charge >= 0.3 is 5.97 Å². The van der Waals surface area contributed by atoms with E-state index in [4.69, 9.17) is 21.7 Å². The number of nitrogens with two attached hydrogens (primary N) is 2. The van der Waals surface area contributed by atoms with E-state index < -0.39 is 67.3 Å². The second-order valence-corrected chi connectivity index (χ2v) is 6.39. The summed E-state index contributed by atoms with van der Waals surface area (Å²) in [4.78, 5) is 58.3. The van der Waals surface area contributed by atoms with E-state index in [0.29, 0.717) is 5.56 Å². The van der Waals surface area contributed by atoms with Crippen molar-refractivity contribution in [3.63, 3.8) is 0 Å². The van der Waals surface area contributed by atoms with Gasteiger partial charge in [0.15, 0.2) is 0 Å². The highest BCUT2D eigenvalue weighted by Crippen LogP contribution is 2.04. The molecule has 12 nitrogen and oxygen atoms in total. The molecular weight excluding hydrogens is 398 g/mol. The molecule has 3 atom stereocenters. The highest BCUT2D eigenvalue weighted by atomic mass is 16.4. The summed E-state index contributed by atoms with van der Waals surface area (Å²) in [6.45, 7) is -1.22. The van der Waals surface area contributed by atoms with Gasteiger partial charge in [-0.3, -0.25) is 19.2 Å². The van der Waals surface area contributed by atoms with E-state index in [1.165, 1.54) is 0 Å². The van der Waals surface area contributed by atoms with E-state index in [2.05, 4.69) is 16.0 Å². The molecule has 0 spiro atoms. The van der Waals surface area contributed by atoms with Gasteiger partial charge in [0.25, 0.3) is 0 Å². The molecule has 12 heteroatoms. The Morgan fingerprint density at radius 3 is 2.13 bits per heavy atom. The van der Waals surface area contributed by atoms with Crippen LogP contribution in [0.2, 0.25) is 0 Å². The number of primary amides is 1. The summed E-state index contributed by atoms with van der Waals surface area (Å²) in [5.41, 5.74) is 11.1. The number of carbonyl (C=O) groups excluding carboxylic acids is 4. The summed E-state index contributed by atoms with van der Waals surface area (Å²) in [5, 5.41) is 24.7. The summed E-state index contributed by atoms with van der Waals surface area (Å²) < 4.78 is 0. The summed E-state index contributed by atoms with van der Waals surface area (Å²) in [7, 11) is 0. The van der Waals surface area contributed by atoms with Crippen molar-refractivity contribution in [1.29, 1.82) is 0 Å². The molecule has 0 heterocycles. The quantitative estimate of drug-likeness (QED) is 0.179. The Balaban J connectivity index is 2.75. The van der Waals surface area contributed by atoms with Crippen molar-refractivity contribution in [3.05, 3.63) is 35.9 Å². The number of amides is 4. The van der Waals surface area contributed by atoms with Gasteiger partial charge < -0.3 is 37.6 Å². The summed E-state index contributed by atoms with van der Waals surface area (Å²) in [5.74, 6) is -4.73. The summed E-state index contributed by atoms with van der Waals surface area (Å²) in [6.07, 6.45) is -0.529. The van der Waals surface area contributed by atoms with Crippen LogP contribution in [0.3, 0.4) is 0 Å². The maximum absolute atomic E-state index is 12.5. The number of aliphatic carboxylic acids is 1. The maximum Gasteiger partial charge on any atom is 0.326 e. The molecule has 0 aromatic heterocycles. The fourth-order valence-corrected chi connectivity index (χ4v) is 2.36. The molecule has 0 saturated heterocycles. The van der Waals surface area contributed by atoms with Gasteiger partial charge in [0.1, 0.15) is 18.1 Å². The standard InChI is InChI=1S/C18H25N5O7/c19-11(9-24)16(27)23-12(6-10-4-2-1-3-5-10)17(28)21-8-15(26)22-13(18(29)30)7-14(20)25/h1-5,11-13,24H,6-9,19H2,(H2,20,25)(H,21,28)(H,22,26)(H,23,27)(H,29,30). The molecule has 0 radical (unpaired) electrons. The Kier molecular flexibility index (Phi) is 9.92. The molecule has 1 rings (SSSR count). The van der Waals surface area contributed by atoms with E-state index in [1.807, 2.05) is 0 Å². The van der Waals surface area contributed by atoms with Crippen molar-refractivity contribution in [1.82, 2.24) is 16.0 Å². The largest absolute Gasteiger partial charge is 0.480 e. The molecule has 1 aromatic carbocycles. The molecule has 1 aromatic rings. The monoisotopic (exact) mass is 423 g/mol. The highest BCUT2D eigenvalue weighted by Gasteiger charge is 2.26. The van der Waals surface area contributed by atoms with E-state index in [1.54, 1.807) is 30.3 Å². The lowest BCUT2D eigenvalue weighted by Gasteiger charge is -2.20. The van der Waals surface area contributed by atoms with E-state index in [-0.39, 0.29) is 6.42 Å². The van der Waals surface area contributed by atoms with E-state index >= 15 is 0 Å². The highest BCUT2D eigenvalue weighted by molar-refractivity contribution is 5.93. The number of aliphatic hydroxyl groups is 1. The molecule has 4 amide bonds. The fraction of sp³-hybridized carbons (Fsp3) is 0.389. The van der Waals surface area contributed by atoms with Crippen LogP contribution in [0.1, 0.15) is 12.0 Å². The third-order valence-electron chi connectivity index (χ3n) is 3.91. The van der Waals surface area contributed by atoms with Crippen LogP contribution in [-0.2, 0) is 30.4 Å². The number of hydrogen-bond acceptors (Lipinski definition) is 7. The number of nitrogens with one attached hydrogen (secondary N) is 3. The Bertz CT molecular complexity index is 771. The van der Waals surface area contributed by atoms with Gasteiger partial charge in [-0.2, -0.15) is 0 Å². The number of rotatable bonds is 12. The Hall–Kier alpha value is -3.51. The zero-order valence-electron chi connectivity index (χ0n) is 16.0. The molecule has 0 aliphatic heterocycles. The van der Waals surface area contributed by atoms with Gasteiger partial charge in [-0.1, -0.05) is 30.3 Å². The van der Waals surface area contributed by atoms with Gasteiger partial charge in [0, 0.05) is 6.42 Å². The third kappa shape index (κ3) is 8.67. The first kappa shape index (κ1) is 24.5. The minimum atomic E-state index is -1.53. The van der Waals surface area contributed by atoms with Crippen molar-refractivity contribution in [2.75, 3.05) is 13.2 Å². The number of hydrogen-bond donors (Lipinski definition) is 7. The topological polar surface area (TPSA) is 214 Å². The third-order valence-corrected chi connectivity index (χ3v) is 3.91. The van der Waals surface area contributed by atoms with E-state index in [9.17, 15) is 24.0 Å². The molecular formula is C18H25N5O7. The normalized spacial score (nSPS) is 13.4. The van der Waals surface area contributed by atoms with Crippen molar-refractivity contribution >= 4 is 29.6 Å². The van der Waals surface area contributed by atoms with Crippen LogP contribution in [0.4, 0.5) is 0 Å². The lowest BCUT2D eigenvalue weighted by Crippen LogP contribution is -2.55. The molecule has 0 saturated carbocycles. The van der Waals surface area contributed by atoms with E-state index in [0.717, 1.165) is 0 Å². The Labute approximate surface area is 172 Å². The van der Waals surface area contributed by atoms with Gasteiger partial charge in [-0.15, -0.1) is 0 Å². The molecule has 0 bridgehead atoms. The SMILES string of the molecule is NC(=O)CC(NC(=O)CNC(=O)C(Cc1ccccc1)NC(=O)C(N)CO)C(=O)O. The van der Waals surface area contributed by atoms with Gasteiger partial charge in [0.05, 0.1) is 19.6 Å². The number of carboxylic acids is 1. The Morgan fingerprint density at radius 2 is 1.60 bits per heavy atom. The van der Waals surface area contributed by atoms with Crippen LogP contribution in [0, 0.1) is 0 Å². The predicted molar refractivity (Wildman–Crippen MR) is 104 cm³/mol. The molecule has 0 fully saturated rings. The minimum absolute atomic E-state index is 0.0810. The average molecular weight is 423 g/mol. The molecule has 3 unspecified atom stereocenters. The van der Waals surface area contributed by atoms with Crippen LogP contribution in [0.15, 0.2) is 30.3 Å². The number of carbonyl (C=O) groups is 5. The lowest BCUT2D eigenvalue weighted by atomic mass is 10.0. The first-order chi connectivity index (χ1) is 14.1. The average Bonchev–Trinajstić information content (AvgIpc) is 2.70. The van der Waals surface area contributed by atoms with Crippen molar-refractivity contribution in [2.45, 2.75) is 31.0 Å². The first-order valence-electron chi connectivity index (χ1n) is 8.93. The second kappa shape index (κ2) is 12.1. The first-order valence-corrected chi connectivity index (χ1v) is 8.93. The fourth-order valence-electron chi connectivity index (χ4n) is 2.36. The minimum Gasteiger partial charge on any atom is -0.480 e. The van der Waals surface area contributed by atoms with Crippen molar-refractivity contribution in [2.24, 2.45) is 11.5 Å². The van der Waals surface area contributed by atoms with Crippen LogP contribution in [-0.4, -0.2) is 71.1 Å². The molecule has 9 N–H and O–H groups in total. The zero-order chi connectivity index (χ0) is 22.7. The summed E-state index contributed by atoms with van der Waals surface area (Å²) >= 11 is 0. The number of aliphatic hydroxyl groups excluding tert-OH is 1. The van der Waals surface area contributed by atoms with Crippen LogP contribution < -0.4 is 27.4 Å². The Morgan fingerprint density at radius 1 is 0.967 bits per heavy atom. The molecule has 30 heavy (non-hydrogen) atoms. The summed E-state index contributed by atoms with van der Waals surface area (Å²) in [6, 6.07) is 4.84. The predicted octanol–water partition coefficient (Wildman–Crippen LogP) is -3.41. The zero-order valence-corrected chi connectivity index (χ0v) is 16.0. The van der Waals surface area contributed by atoms with Crippen molar-refractivity contribution in [3.8, 4) is 0 Å². The number of carboxylic acid groups (broad SMARTS) is 1. The van der Waals surface area contributed by atoms with Gasteiger partial charge in [0.2, 0.25) is 23.6 Å². The van der Waals surface area contributed by atoms with Gasteiger partial charge in [-0.25, -0.2) is 4.79 Å².